The number of carboxylic acids is 1. The third-order valence-electron chi connectivity index (χ3n) is 1.64. The van der Waals surface area contributed by atoms with Gasteiger partial charge in [-0.15, -0.1) is 0 Å². The number of aromatic carboxylic acids is 1. The first kappa shape index (κ1) is 11.4. The summed E-state index contributed by atoms with van der Waals surface area (Å²) in [5.41, 5.74) is 0.122. The van der Waals surface area contributed by atoms with Gasteiger partial charge in [0.2, 0.25) is 10.0 Å². The second-order valence-corrected chi connectivity index (χ2v) is 4.75. The van der Waals surface area contributed by atoms with Crippen molar-refractivity contribution in [3.63, 3.8) is 0 Å². The molecular formula is C8H10N2O4S. The molecule has 15 heavy (non-hydrogen) atoms. The predicted molar refractivity (Wildman–Crippen MR) is 54.3 cm³/mol. The SMILES string of the molecule is CCS(=O)(=O)Nc1ccc(C(=O)O)nc1. The van der Waals surface area contributed by atoms with Crippen molar-refractivity contribution in [3.8, 4) is 0 Å². The van der Waals surface area contributed by atoms with E-state index in [1.807, 2.05) is 0 Å². The average molecular weight is 230 g/mol. The Hall–Kier alpha value is -1.63. The minimum absolute atomic E-state index is 0.0479. The van der Waals surface area contributed by atoms with Crippen LogP contribution in [0.5, 0.6) is 0 Å². The van der Waals surface area contributed by atoms with Crippen LogP contribution in [0.15, 0.2) is 18.3 Å². The number of hydrogen-bond donors (Lipinski definition) is 2. The molecule has 0 aromatic carbocycles. The summed E-state index contributed by atoms with van der Waals surface area (Å²) in [7, 11) is -3.34. The van der Waals surface area contributed by atoms with Gasteiger partial charge in [-0.05, 0) is 19.1 Å². The summed E-state index contributed by atoms with van der Waals surface area (Å²) in [5, 5.41) is 8.55. The molecule has 0 radical (unpaired) electrons. The number of nitrogens with zero attached hydrogens (tertiary/aromatic N) is 1. The van der Waals surface area contributed by atoms with E-state index in [4.69, 9.17) is 5.11 Å². The molecule has 0 aliphatic rings. The van der Waals surface area contributed by atoms with Gasteiger partial charge in [0.05, 0.1) is 17.6 Å². The maximum Gasteiger partial charge on any atom is 0.354 e. The Labute approximate surface area is 87.0 Å². The molecule has 0 saturated carbocycles. The molecule has 0 unspecified atom stereocenters. The van der Waals surface area contributed by atoms with Gasteiger partial charge < -0.3 is 5.11 Å². The summed E-state index contributed by atoms with van der Waals surface area (Å²) in [4.78, 5) is 14.0. The van der Waals surface area contributed by atoms with E-state index in [0.717, 1.165) is 6.20 Å². The zero-order valence-corrected chi connectivity index (χ0v) is 8.78. The lowest BCUT2D eigenvalue weighted by Gasteiger charge is -2.04. The number of hydrogen-bond acceptors (Lipinski definition) is 4. The molecule has 0 bridgehead atoms. The minimum Gasteiger partial charge on any atom is -0.477 e. The van der Waals surface area contributed by atoms with E-state index < -0.39 is 16.0 Å². The van der Waals surface area contributed by atoms with Crippen molar-refractivity contribution in [1.29, 1.82) is 0 Å². The van der Waals surface area contributed by atoms with Gasteiger partial charge in [-0.25, -0.2) is 18.2 Å². The number of sulfonamides is 1. The zero-order valence-electron chi connectivity index (χ0n) is 7.97. The highest BCUT2D eigenvalue weighted by atomic mass is 32.2. The Bertz CT molecular complexity index is 452. The quantitative estimate of drug-likeness (QED) is 0.787. The van der Waals surface area contributed by atoms with Gasteiger partial charge in [0, 0.05) is 0 Å². The molecule has 0 aliphatic heterocycles. The van der Waals surface area contributed by atoms with Crippen LogP contribution in [-0.2, 0) is 10.0 Å². The monoisotopic (exact) mass is 230 g/mol. The second kappa shape index (κ2) is 4.26. The van der Waals surface area contributed by atoms with E-state index in [1.54, 1.807) is 0 Å². The number of anilines is 1. The van der Waals surface area contributed by atoms with E-state index in [9.17, 15) is 13.2 Å². The summed E-state index contributed by atoms with van der Waals surface area (Å²) >= 11 is 0. The van der Waals surface area contributed by atoms with Crippen LogP contribution < -0.4 is 4.72 Å². The van der Waals surface area contributed by atoms with Crippen molar-refractivity contribution in [2.45, 2.75) is 6.92 Å². The number of carboxylic acid groups (broad SMARTS) is 1. The van der Waals surface area contributed by atoms with Gasteiger partial charge in [0.25, 0.3) is 0 Å². The minimum atomic E-state index is -3.34. The van der Waals surface area contributed by atoms with Gasteiger partial charge in [-0.1, -0.05) is 0 Å². The second-order valence-electron chi connectivity index (χ2n) is 2.74. The molecule has 0 spiro atoms. The largest absolute Gasteiger partial charge is 0.477 e. The summed E-state index contributed by atoms with van der Waals surface area (Å²) < 4.78 is 24.5. The molecule has 6 nitrogen and oxygen atoms in total. The molecule has 0 aliphatic carbocycles. The number of carbonyl (C=O) groups is 1. The number of nitrogens with one attached hydrogen (secondary N) is 1. The molecule has 1 heterocycles. The Morgan fingerprint density at radius 3 is 2.60 bits per heavy atom. The number of aromatic nitrogens is 1. The highest BCUT2D eigenvalue weighted by molar-refractivity contribution is 7.92. The maximum atomic E-state index is 11.1. The van der Waals surface area contributed by atoms with Crippen molar-refractivity contribution in [3.05, 3.63) is 24.0 Å². The highest BCUT2D eigenvalue weighted by Crippen LogP contribution is 2.08. The summed E-state index contributed by atoms with van der Waals surface area (Å²) in [6, 6.07) is 2.58. The first-order valence-corrected chi connectivity index (χ1v) is 5.79. The highest BCUT2D eigenvalue weighted by Gasteiger charge is 2.08. The molecule has 0 saturated heterocycles. The Morgan fingerprint density at radius 1 is 1.53 bits per heavy atom. The average Bonchev–Trinajstić information content (AvgIpc) is 2.18. The normalized spacial score (nSPS) is 11.0. The van der Waals surface area contributed by atoms with Gasteiger partial charge in [-0.3, -0.25) is 4.72 Å². The third kappa shape index (κ3) is 3.21. The predicted octanol–water partition coefficient (Wildman–Crippen LogP) is 0.541. The smallest absolute Gasteiger partial charge is 0.354 e. The lowest BCUT2D eigenvalue weighted by molar-refractivity contribution is 0.0690. The van der Waals surface area contributed by atoms with Crippen molar-refractivity contribution in [2.75, 3.05) is 10.5 Å². The Kier molecular flexibility index (Phi) is 3.25. The fourth-order valence-electron chi connectivity index (χ4n) is 0.832. The molecule has 7 heteroatoms. The molecule has 1 rings (SSSR count). The van der Waals surface area contributed by atoms with Crippen LogP contribution in [0.25, 0.3) is 0 Å². The van der Waals surface area contributed by atoms with Crippen LogP contribution in [-0.4, -0.2) is 30.2 Å². The van der Waals surface area contributed by atoms with Gasteiger partial charge in [-0.2, -0.15) is 0 Å². The molecule has 1 aromatic heterocycles. The standard InChI is InChI=1S/C8H10N2O4S/c1-2-15(13,14)10-6-3-4-7(8(11)12)9-5-6/h3-5,10H,2H2,1H3,(H,11,12). The van der Waals surface area contributed by atoms with E-state index in [-0.39, 0.29) is 17.1 Å². The van der Waals surface area contributed by atoms with E-state index >= 15 is 0 Å². The Balaban J connectivity index is 2.86. The van der Waals surface area contributed by atoms with Gasteiger partial charge in [0.15, 0.2) is 0 Å². The lowest BCUT2D eigenvalue weighted by atomic mass is 10.3. The Morgan fingerprint density at radius 2 is 2.20 bits per heavy atom. The number of rotatable bonds is 4. The van der Waals surface area contributed by atoms with Crippen LogP contribution in [0.1, 0.15) is 17.4 Å². The molecule has 0 amide bonds. The van der Waals surface area contributed by atoms with Crippen LogP contribution in [0.2, 0.25) is 0 Å². The van der Waals surface area contributed by atoms with Crippen LogP contribution in [0.3, 0.4) is 0 Å². The fourth-order valence-corrected chi connectivity index (χ4v) is 1.46. The van der Waals surface area contributed by atoms with Gasteiger partial charge in [0.1, 0.15) is 5.69 Å². The summed E-state index contributed by atoms with van der Waals surface area (Å²) in [6.07, 6.45) is 1.16. The van der Waals surface area contributed by atoms with Crippen LogP contribution in [0.4, 0.5) is 5.69 Å². The van der Waals surface area contributed by atoms with E-state index in [1.165, 1.54) is 19.1 Å². The van der Waals surface area contributed by atoms with Crippen LogP contribution >= 0.6 is 0 Å². The van der Waals surface area contributed by atoms with E-state index in [0.29, 0.717) is 0 Å². The van der Waals surface area contributed by atoms with Crippen LogP contribution in [0, 0.1) is 0 Å². The van der Waals surface area contributed by atoms with Gasteiger partial charge >= 0.3 is 5.97 Å². The molecule has 0 fully saturated rings. The first-order chi connectivity index (χ1) is 6.94. The topological polar surface area (TPSA) is 96.4 Å². The van der Waals surface area contributed by atoms with E-state index in [2.05, 4.69) is 9.71 Å². The molecule has 0 atom stereocenters. The maximum absolute atomic E-state index is 11.1. The first-order valence-electron chi connectivity index (χ1n) is 4.14. The summed E-state index contributed by atoms with van der Waals surface area (Å²) in [6.45, 7) is 1.50. The zero-order chi connectivity index (χ0) is 11.5. The third-order valence-corrected chi connectivity index (χ3v) is 2.94. The number of pyridine rings is 1. The van der Waals surface area contributed by atoms with Crippen molar-refractivity contribution >= 4 is 21.7 Å². The molecular weight excluding hydrogens is 220 g/mol. The molecule has 82 valence electrons. The summed E-state index contributed by atoms with van der Waals surface area (Å²) in [5.74, 6) is -1.20. The van der Waals surface area contributed by atoms with Crippen molar-refractivity contribution in [2.24, 2.45) is 0 Å². The lowest BCUT2D eigenvalue weighted by Crippen LogP contribution is -2.15. The fraction of sp³-hybridized carbons (Fsp3) is 0.250. The molecule has 2 N–H and O–H groups in total. The van der Waals surface area contributed by atoms with Crippen molar-refractivity contribution < 1.29 is 18.3 Å². The molecule has 1 aromatic rings. The van der Waals surface area contributed by atoms with Crippen molar-refractivity contribution in [1.82, 2.24) is 4.98 Å².